The molecule has 296 valence electrons. The Morgan fingerprint density at radius 3 is 0.667 bits per heavy atom. The molecule has 1 aliphatic carbocycles. The number of benzene rings is 4. The Labute approximate surface area is 350 Å². The van der Waals surface area contributed by atoms with Crippen molar-refractivity contribution in [2.45, 2.75) is 52.1 Å². The number of para-hydroxylation sites is 4. The third-order valence-corrected chi connectivity index (χ3v) is 10.6. The second-order valence-corrected chi connectivity index (χ2v) is 14.8. The van der Waals surface area contributed by atoms with E-state index in [9.17, 15) is 0 Å². The van der Waals surface area contributed by atoms with Crippen LogP contribution in [0.25, 0.3) is 0 Å². The van der Waals surface area contributed by atoms with Crippen LogP contribution in [0, 0.1) is 0 Å². The van der Waals surface area contributed by atoms with Gasteiger partial charge < -0.3 is 18.9 Å². The molecule has 9 rings (SSSR count). The topological polar surface area (TPSA) is 88.5 Å². The molecule has 0 N–H and O–H groups in total. The molecule has 8 heteroatoms. The average molecular weight is 789 g/mol. The Hall–Kier alpha value is -7.32. The zero-order chi connectivity index (χ0) is 40.4. The largest absolute Gasteiger partial charge is 0.487 e. The average Bonchev–Trinajstić information content (AvgIpc) is 3.29. The fraction of sp³-hybridized carbons (Fsp3) is 0.154. The molecule has 60 heavy (non-hydrogen) atoms. The van der Waals surface area contributed by atoms with Crippen molar-refractivity contribution in [2.24, 2.45) is 0 Å². The lowest BCUT2D eigenvalue weighted by molar-refractivity contribution is 0.288. The van der Waals surface area contributed by atoms with Crippen LogP contribution in [0.15, 0.2) is 170 Å². The molecule has 4 aromatic heterocycles. The van der Waals surface area contributed by atoms with Crippen LogP contribution < -0.4 is 18.9 Å². The molecule has 0 atom stereocenters. The Kier molecular flexibility index (Phi) is 11.8. The maximum atomic E-state index is 6.81. The van der Waals surface area contributed by atoms with Crippen LogP contribution in [0.4, 0.5) is 0 Å². The highest BCUT2D eigenvalue weighted by atomic mass is 16.5. The van der Waals surface area contributed by atoms with Gasteiger partial charge in [0.25, 0.3) is 0 Å². The standard InChI is InChI=1S/C52H44N4O4/c1-5-25-53-45(21-1)33-57-49-37-13-9-14-38(49)30-40-16-11-18-42(51(40)59-35-47-23-3-7-27-55-47)32-44-20-12-19-43(52(44)60-36-48-24-4-8-28-56-48)31-41-17-10-15-39(29-37)50(41)58-34-46-22-2-6-26-54-46/h1-28H,29-36H2. The Morgan fingerprint density at radius 1 is 0.267 bits per heavy atom. The van der Waals surface area contributed by atoms with Crippen molar-refractivity contribution < 1.29 is 18.9 Å². The van der Waals surface area contributed by atoms with Crippen molar-refractivity contribution in [1.82, 2.24) is 19.9 Å². The van der Waals surface area contributed by atoms with Crippen LogP contribution in [0.5, 0.6) is 23.0 Å². The Morgan fingerprint density at radius 2 is 0.483 bits per heavy atom. The molecule has 0 saturated carbocycles. The minimum Gasteiger partial charge on any atom is -0.487 e. The zero-order valence-corrected chi connectivity index (χ0v) is 33.2. The highest BCUT2D eigenvalue weighted by molar-refractivity contribution is 5.56. The SMILES string of the molecule is c1ccc(COc2c3cccc2Cc2cccc(c2OCc2ccccn2)Cc2cccc(c2OCc2ccccn2)Cc2cccc(c2OCc2ccccn2)C3)nc1. The van der Waals surface area contributed by atoms with E-state index in [4.69, 9.17) is 18.9 Å². The van der Waals surface area contributed by atoms with E-state index in [2.05, 4.69) is 92.7 Å². The summed E-state index contributed by atoms with van der Waals surface area (Å²) in [5.74, 6) is 3.31. The number of pyridine rings is 4. The fourth-order valence-electron chi connectivity index (χ4n) is 7.75. The van der Waals surface area contributed by atoms with Crippen LogP contribution >= 0.6 is 0 Å². The van der Waals surface area contributed by atoms with E-state index >= 15 is 0 Å². The molecule has 8 bridgehead atoms. The van der Waals surface area contributed by atoms with Crippen LogP contribution in [-0.4, -0.2) is 19.9 Å². The monoisotopic (exact) mass is 788 g/mol. The minimum absolute atomic E-state index is 0.326. The van der Waals surface area contributed by atoms with Crippen molar-refractivity contribution >= 4 is 0 Å². The van der Waals surface area contributed by atoms with Gasteiger partial charge in [0.15, 0.2) is 0 Å². The molecule has 0 amide bonds. The molecular formula is C52H44N4O4. The summed E-state index contributed by atoms with van der Waals surface area (Å²) in [6.45, 7) is 1.31. The summed E-state index contributed by atoms with van der Waals surface area (Å²) in [7, 11) is 0. The van der Waals surface area contributed by atoms with Gasteiger partial charge >= 0.3 is 0 Å². The van der Waals surface area contributed by atoms with E-state index in [-0.39, 0.29) is 0 Å². The van der Waals surface area contributed by atoms with Crippen LogP contribution in [-0.2, 0) is 52.1 Å². The lowest BCUT2D eigenvalue weighted by Crippen LogP contribution is -2.10. The number of ether oxygens (including phenoxy) is 4. The molecule has 0 fully saturated rings. The van der Waals surface area contributed by atoms with Gasteiger partial charge in [-0.25, -0.2) is 0 Å². The van der Waals surface area contributed by atoms with Crippen LogP contribution in [0.2, 0.25) is 0 Å². The second kappa shape index (κ2) is 18.5. The highest BCUT2D eigenvalue weighted by Gasteiger charge is 2.22. The lowest BCUT2D eigenvalue weighted by atomic mass is 9.91. The molecular weight excluding hydrogens is 745 g/mol. The molecule has 0 radical (unpaired) electrons. The van der Waals surface area contributed by atoms with E-state index in [1.807, 2.05) is 72.8 Å². The predicted octanol–water partition coefficient (Wildman–Crippen LogP) is 10.3. The molecule has 1 aliphatic rings. The van der Waals surface area contributed by atoms with Gasteiger partial charge in [-0.3, -0.25) is 19.9 Å². The highest BCUT2D eigenvalue weighted by Crippen LogP contribution is 2.39. The van der Waals surface area contributed by atoms with Crippen molar-refractivity contribution in [1.29, 1.82) is 0 Å². The summed E-state index contributed by atoms with van der Waals surface area (Å²) >= 11 is 0. The van der Waals surface area contributed by atoms with Crippen molar-refractivity contribution in [3.63, 3.8) is 0 Å². The maximum Gasteiger partial charge on any atom is 0.130 e. The maximum absolute atomic E-state index is 6.81. The zero-order valence-electron chi connectivity index (χ0n) is 33.2. The lowest BCUT2D eigenvalue weighted by Gasteiger charge is -2.22. The number of hydrogen-bond acceptors (Lipinski definition) is 8. The predicted molar refractivity (Wildman–Crippen MR) is 231 cm³/mol. The first-order valence-corrected chi connectivity index (χ1v) is 20.3. The third-order valence-electron chi connectivity index (χ3n) is 10.6. The van der Waals surface area contributed by atoms with Crippen LogP contribution in [0.3, 0.4) is 0 Å². The smallest absolute Gasteiger partial charge is 0.130 e. The van der Waals surface area contributed by atoms with E-state index in [1.54, 1.807) is 24.8 Å². The van der Waals surface area contributed by atoms with E-state index in [1.165, 1.54) is 0 Å². The number of fused-ring (bicyclic) bond motifs is 8. The number of hydrogen-bond donors (Lipinski definition) is 0. The van der Waals surface area contributed by atoms with Gasteiger partial charge in [0, 0.05) is 50.5 Å². The summed E-state index contributed by atoms with van der Waals surface area (Å²) in [4.78, 5) is 18.3. The quantitative estimate of drug-likeness (QED) is 0.121. The van der Waals surface area contributed by atoms with Gasteiger partial charge in [-0.15, -0.1) is 0 Å². The van der Waals surface area contributed by atoms with Crippen LogP contribution in [0.1, 0.15) is 67.3 Å². The molecule has 4 aromatic carbocycles. The summed E-state index contributed by atoms with van der Waals surface area (Å²) in [5.41, 5.74) is 11.8. The van der Waals surface area contributed by atoms with Crippen molar-refractivity contribution in [3.05, 3.63) is 238 Å². The fourth-order valence-corrected chi connectivity index (χ4v) is 7.75. The molecule has 0 unspecified atom stereocenters. The third kappa shape index (κ3) is 9.19. The van der Waals surface area contributed by atoms with Crippen molar-refractivity contribution in [2.75, 3.05) is 0 Å². The normalized spacial score (nSPS) is 12.0. The molecule has 0 saturated heterocycles. The summed E-state index contributed by atoms with van der Waals surface area (Å²) in [5, 5.41) is 0. The molecule has 0 aliphatic heterocycles. The number of aromatic nitrogens is 4. The van der Waals surface area contributed by atoms with Gasteiger partial charge in [0.05, 0.1) is 22.8 Å². The summed E-state index contributed by atoms with van der Waals surface area (Å²) in [6, 6.07) is 49.3. The summed E-state index contributed by atoms with van der Waals surface area (Å²) in [6.07, 6.45) is 9.49. The van der Waals surface area contributed by atoms with E-state index in [0.29, 0.717) is 52.1 Å². The Bertz CT molecular complexity index is 2210. The van der Waals surface area contributed by atoms with Gasteiger partial charge in [-0.1, -0.05) is 97.1 Å². The summed E-state index contributed by atoms with van der Waals surface area (Å²) < 4.78 is 27.2. The molecule has 0 spiro atoms. The molecule has 8 nitrogen and oxygen atoms in total. The first-order chi connectivity index (χ1) is 29.7. The Balaban J connectivity index is 1.20. The van der Waals surface area contributed by atoms with E-state index in [0.717, 1.165) is 90.3 Å². The first kappa shape index (κ1) is 38.2. The minimum atomic E-state index is 0.326. The van der Waals surface area contributed by atoms with Gasteiger partial charge in [0.2, 0.25) is 0 Å². The van der Waals surface area contributed by atoms with Crippen molar-refractivity contribution in [3.8, 4) is 23.0 Å². The number of rotatable bonds is 12. The first-order valence-electron chi connectivity index (χ1n) is 20.3. The van der Waals surface area contributed by atoms with Gasteiger partial charge in [-0.2, -0.15) is 0 Å². The molecule has 8 aromatic rings. The number of nitrogens with zero attached hydrogens (tertiary/aromatic N) is 4. The molecule has 4 heterocycles. The van der Waals surface area contributed by atoms with Gasteiger partial charge in [-0.05, 0) is 93.0 Å². The van der Waals surface area contributed by atoms with E-state index < -0.39 is 0 Å². The van der Waals surface area contributed by atoms with Gasteiger partial charge in [0.1, 0.15) is 49.4 Å². The second-order valence-electron chi connectivity index (χ2n) is 14.8.